The first-order valence-electron chi connectivity index (χ1n) is 11.9. The number of aromatic nitrogens is 1. The molecule has 1 aromatic heterocycles. The molecule has 172 valence electrons. The molecule has 2 amide bonds. The van der Waals surface area contributed by atoms with Gasteiger partial charge in [0.15, 0.2) is 0 Å². The summed E-state index contributed by atoms with van der Waals surface area (Å²) in [6.07, 6.45) is 7.44. The molecular formula is C25H33N3O4. The van der Waals surface area contributed by atoms with E-state index in [2.05, 4.69) is 5.32 Å². The smallest absolute Gasteiger partial charge is 0.271 e. The van der Waals surface area contributed by atoms with E-state index < -0.39 is 5.54 Å². The third-order valence-electron chi connectivity index (χ3n) is 7.48. The molecule has 1 saturated carbocycles. The largest absolute Gasteiger partial charge is 0.497 e. The molecule has 32 heavy (non-hydrogen) atoms. The maximum absolute atomic E-state index is 13.8. The SMILES string of the molecule is COc1ccc2cc3n(c2c1)C[C@](C)(C(=O)NC1CCCCC1)N(C[C@H]1CCCO1)C3=O. The first-order chi connectivity index (χ1) is 15.5. The summed E-state index contributed by atoms with van der Waals surface area (Å²) < 4.78 is 13.3. The number of carbonyl (C=O) groups is 2. The van der Waals surface area contributed by atoms with Gasteiger partial charge < -0.3 is 24.3 Å². The van der Waals surface area contributed by atoms with Crippen LogP contribution in [0.15, 0.2) is 24.3 Å². The van der Waals surface area contributed by atoms with Crippen LogP contribution in [-0.4, -0.2) is 59.2 Å². The minimum Gasteiger partial charge on any atom is -0.497 e. The summed E-state index contributed by atoms with van der Waals surface area (Å²) in [7, 11) is 1.64. The maximum Gasteiger partial charge on any atom is 0.271 e. The van der Waals surface area contributed by atoms with Gasteiger partial charge in [-0.05, 0) is 50.8 Å². The molecule has 7 heteroatoms. The summed E-state index contributed by atoms with van der Waals surface area (Å²) in [6, 6.07) is 7.93. The van der Waals surface area contributed by atoms with Crippen LogP contribution in [0.3, 0.4) is 0 Å². The van der Waals surface area contributed by atoms with Crippen molar-refractivity contribution in [2.24, 2.45) is 0 Å². The van der Waals surface area contributed by atoms with Gasteiger partial charge in [0.25, 0.3) is 5.91 Å². The summed E-state index contributed by atoms with van der Waals surface area (Å²) in [5, 5.41) is 4.26. The molecule has 0 radical (unpaired) electrons. The highest BCUT2D eigenvalue weighted by Crippen LogP contribution is 2.35. The van der Waals surface area contributed by atoms with Gasteiger partial charge in [-0.1, -0.05) is 19.3 Å². The fraction of sp³-hybridized carbons (Fsp3) is 0.600. The van der Waals surface area contributed by atoms with Crippen molar-refractivity contribution in [3.05, 3.63) is 30.0 Å². The van der Waals surface area contributed by atoms with Crippen LogP contribution in [0.25, 0.3) is 10.9 Å². The van der Waals surface area contributed by atoms with Gasteiger partial charge in [0.2, 0.25) is 5.91 Å². The summed E-state index contributed by atoms with van der Waals surface area (Å²) in [4.78, 5) is 29.3. The van der Waals surface area contributed by atoms with E-state index >= 15 is 0 Å². The fourth-order valence-corrected chi connectivity index (χ4v) is 5.52. The summed E-state index contributed by atoms with van der Waals surface area (Å²) in [5.74, 6) is 0.565. The molecular weight excluding hydrogens is 406 g/mol. The van der Waals surface area contributed by atoms with Crippen LogP contribution in [0.2, 0.25) is 0 Å². The van der Waals surface area contributed by atoms with Gasteiger partial charge in [-0.15, -0.1) is 0 Å². The van der Waals surface area contributed by atoms with Crippen LogP contribution in [0.1, 0.15) is 62.4 Å². The topological polar surface area (TPSA) is 72.8 Å². The lowest BCUT2D eigenvalue weighted by Crippen LogP contribution is -2.66. The minimum atomic E-state index is -0.984. The lowest BCUT2D eigenvalue weighted by Gasteiger charge is -2.45. The first-order valence-corrected chi connectivity index (χ1v) is 11.9. The number of benzene rings is 1. The maximum atomic E-state index is 13.8. The van der Waals surface area contributed by atoms with E-state index in [1.54, 1.807) is 12.0 Å². The van der Waals surface area contributed by atoms with Crippen LogP contribution in [0.4, 0.5) is 0 Å². The zero-order valence-corrected chi connectivity index (χ0v) is 19.1. The molecule has 3 aliphatic rings. The summed E-state index contributed by atoms with van der Waals surface area (Å²) >= 11 is 0. The highest BCUT2D eigenvalue weighted by atomic mass is 16.5. The highest BCUT2D eigenvalue weighted by Gasteiger charge is 2.49. The molecule has 1 aliphatic carbocycles. The predicted molar refractivity (Wildman–Crippen MR) is 122 cm³/mol. The molecule has 7 nitrogen and oxygen atoms in total. The van der Waals surface area contributed by atoms with Crippen molar-refractivity contribution in [2.75, 3.05) is 20.3 Å². The van der Waals surface area contributed by atoms with Crippen molar-refractivity contribution in [2.45, 2.75) is 76.1 Å². The number of ether oxygens (including phenoxy) is 2. The number of hydrogen-bond acceptors (Lipinski definition) is 4. The first kappa shape index (κ1) is 21.3. The second kappa shape index (κ2) is 8.43. The van der Waals surface area contributed by atoms with Crippen LogP contribution >= 0.6 is 0 Å². The number of methoxy groups -OCH3 is 1. The number of nitrogens with zero attached hydrogens (tertiary/aromatic N) is 2. The normalized spacial score (nSPS) is 26.4. The molecule has 2 aromatic rings. The Morgan fingerprint density at radius 3 is 2.72 bits per heavy atom. The minimum absolute atomic E-state index is 0.0169. The zero-order valence-electron chi connectivity index (χ0n) is 19.1. The number of amides is 2. The summed E-state index contributed by atoms with van der Waals surface area (Å²) in [5.41, 5.74) is 0.554. The molecule has 0 spiro atoms. The Bertz CT molecular complexity index is 1020. The fourth-order valence-electron chi connectivity index (χ4n) is 5.52. The van der Waals surface area contributed by atoms with Crippen LogP contribution < -0.4 is 10.1 Å². The van der Waals surface area contributed by atoms with E-state index in [4.69, 9.17) is 9.47 Å². The third kappa shape index (κ3) is 3.66. The predicted octanol–water partition coefficient (Wildman–Crippen LogP) is 3.49. The number of carbonyl (C=O) groups excluding carboxylic acids is 2. The van der Waals surface area contributed by atoms with Crippen LogP contribution in [0.5, 0.6) is 5.75 Å². The van der Waals surface area contributed by atoms with Gasteiger partial charge in [-0.3, -0.25) is 9.59 Å². The average Bonchev–Trinajstić information content (AvgIpc) is 3.45. The van der Waals surface area contributed by atoms with Gasteiger partial charge in [-0.25, -0.2) is 0 Å². The molecule has 1 N–H and O–H groups in total. The molecule has 5 rings (SSSR count). The van der Waals surface area contributed by atoms with Gasteiger partial charge >= 0.3 is 0 Å². The molecule has 2 fully saturated rings. The van der Waals surface area contributed by atoms with Crippen LogP contribution in [-0.2, 0) is 16.1 Å². The quantitative estimate of drug-likeness (QED) is 0.774. The van der Waals surface area contributed by atoms with Crippen molar-refractivity contribution in [1.29, 1.82) is 0 Å². The molecule has 3 heterocycles. The number of hydrogen-bond donors (Lipinski definition) is 1. The van der Waals surface area contributed by atoms with Crippen LogP contribution in [0, 0.1) is 0 Å². The average molecular weight is 440 g/mol. The molecule has 0 bridgehead atoms. The van der Waals surface area contributed by atoms with E-state index in [9.17, 15) is 9.59 Å². The van der Waals surface area contributed by atoms with Crippen molar-refractivity contribution >= 4 is 22.7 Å². The highest BCUT2D eigenvalue weighted by molar-refractivity contribution is 6.03. The Morgan fingerprint density at radius 2 is 2.00 bits per heavy atom. The number of rotatable bonds is 5. The molecule has 2 aliphatic heterocycles. The second-order valence-electron chi connectivity index (χ2n) is 9.67. The van der Waals surface area contributed by atoms with E-state index in [1.165, 1.54) is 6.42 Å². The lowest BCUT2D eigenvalue weighted by molar-refractivity contribution is -0.134. The molecule has 2 atom stereocenters. The Hall–Kier alpha value is -2.54. The van der Waals surface area contributed by atoms with Crippen molar-refractivity contribution < 1.29 is 19.1 Å². The van der Waals surface area contributed by atoms with Gasteiger partial charge in [0.05, 0.1) is 25.3 Å². The number of fused-ring (bicyclic) bond motifs is 3. The monoisotopic (exact) mass is 439 g/mol. The third-order valence-corrected chi connectivity index (χ3v) is 7.48. The van der Waals surface area contributed by atoms with Gasteiger partial charge in [-0.2, -0.15) is 0 Å². The summed E-state index contributed by atoms with van der Waals surface area (Å²) in [6.45, 7) is 3.49. The zero-order chi connectivity index (χ0) is 22.3. The standard InChI is InChI=1S/C25H33N3O4/c1-25(24(30)26-18-7-4-3-5-8-18)16-27-21-14-19(31-2)11-10-17(21)13-22(27)23(29)28(25)15-20-9-6-12-32-20/h10-11,13-14,18,20H,3-9,12,15-16H2,1-2H3,(H,26,30)/t20-,25-/m1/s1. The van der Waals surface area contributed by atoms with E-state index in [0.29, 0.717) is 18.8 Å². The molecule has 1 saturated heterocycles. The van der Waals surface area contributed by atoms with E-state index in [-0.39, 0.29) is 24.0 Å². The Morgan fingerprint density at radius 1 is 1.19 bits per heavy atom. The second-order valence-corrected chi connectivity index (χ2v) is 9.67. The Labute approximate surface area is 189 Å². The Kier molecular flexibility index (Phi) is 5.61. The van der Waals surface area contributed by atoms with E-state index in [1.807, 2.05) is 35.8 Å². The lowest BCUT2D eigenvalue weighted by atomic mass is 9.91. The van der Waals surface area contributed by atoms with Crippen molar-refractivity contribution in [1.82, 2.24) is 14.8 Å². The van der Waals surface area contributed by atoms with E-state index in [0.717, 1.165) is 61.8 Å². The van der Waals surface area contributed by atoms with Crippen molar-refractivity contribution in [3.8, 4) is 5.75 Å². The Balaban J connectivity index is 1.53. The molecule has 1 aromatic carbocycles. The van der Waals surface area contributed by atoms with Gasteiger partial charge in [0.1, 0.15) is 17.0 Å². The van der Waals surface area contributed by atoms with Crippen molar-refractivity contribution in [3.63, 3.8) is 0 Å². The van der Waals surface area contributed by atoms with Gasteiger partial charge in [0, 0.05) is 30.6 Å². The molecule has 0 unspecified atom stereocenters. The number of nitrogens with one attached hydrogen (secondary N) is 1.